The first kappa shape index (κ1) is 21.2. The van der Waals surface area contributed by atoms with Crippen molar-refractivity contribution in [3.05, 3.63) is 70.6 Å². The Hall–Kier alpha value is -2.66. The predicted molar refractivity (Wildman–Crippen MR) is 124 cm³/mol. The van der Waals surface area contributed by atoms with Gasteiger partial charge in [-0.3, -0.25) is 9.78 Å². The molecule has 0 radical (unpaired) electrons. The third-order valence-electron chi connectivity index (χ3n) is 6.95. The van der Waals surface area contributed by atoms with Crippen molar-refractivity contribution in [2.45, 2.75) is 45.3 Å². The van der Waals surface area contributed by atoms with Crippen LogP contribution in [0, 0.1) is 30.5 Å². The fourth-order valence-electron chi connectivity index (χ4n) is 5.43. The van der Waals surface area contributed by atoms with E-state index in [0.717, 1.165) is 35.9 Å². The van der Waals surface area contributed by atoms with Crippen LogP contribution in [0.3, 0.4) is 0 Å². The lowest BCUT2D eigenvalue weighted by Gasteiger charge is -2.23. The first-order chi connectivity index (χ1) is 15.4. The number of aryl methyl sites for hydroxylation is 1. The number of nitrogens with one attached hydrogen (secondary N) is 1. The molecule has 2 aromatic carbocycles. The number of carbonyl (C=O) groups is 1. The van der Waals surface area contributed by atoms with Crippen molar-refractivity contribution in [2.24, 2.45) is 17.8 Å². The van der Waals surface area contributed by atoms with Gasteiger partial charge in [-0.25, -0.2) is 4.39 Å². The van der Waals surface area contributed by atoms with E-state index in [1.54, 1.807) is 30.3 Å². The van der Waals surface area contributed by atoms with Crippen LogP contribution >= 0.6 is 11.6 Å². The SMILES string of the molecule is CC[C@H](NC(=O)c1ccc(Cl)cc1)C1[C@H]2CC(Oc3cc(C)nc4ccc(F)cc34)C[C@H]12. The number of ether oxygens (including phenoxy) is 1. The van der Waals surface area contributed by atoms with Gasteiger partial charge in [-0.15, -0.1) is 0 Å². The molecule has 1 aromatic heterocycles. The van der Waals surface area contributed by atoms with Crippen molar-refractivity contribution in [1.29, 1.82) is 0 Å². The van der Waals surface area contributed by atoms with Crippen LogP contribution in [-0.4, -0.2) is 23.0 Å². The Labute approximate surface area is 192 Å². The molecule has 5 rings (SSSR count). The molecule has 32 heavy (non-hydrogen) atoms. The number of aromatic nitrogens is 1. The molecule has 0 unspecified atom stereocenters. The summed E-state index contributed by atoms with van der Waals surface area (Å²) in [5.74, 6) is 1.97. The number of amides is 1. The zero-order valence-electron chi connectivity index (χ0n) is 18.1. The number of hydrogen-bond donors (Lipinski definition) is 1. The number of benzene rings is 2. The maximum atomic E-state index is 13.8. The van der Waals surface area contributed by atoms with Gasteiger partial charge in [0.1, 0.15) is 11.6 Å². The predicted octanol–water partition coefficient (Wildman–Crippen LogP) is 5.95. The molecule has 3 atom stereocenters. The van der Waals surface area contributed by atoms with Gasteiger partial charge in [0.25, 0.3) is 5.91 Å². The summed E-state index contributed by atoms with van der Waals surface area (Å²) >= 11 is 5.93. The monoisotopic (exact) mass is 452 g/mol. The lowest BCUT2D eigenvalue weighted by molar-refractivity contribution is 0.0924. The summed E-state index contributed by atoms with van der Waals surface area (Å²) in [7, 11) is 0. The van der Waals surface area contributed by atoms with Crippen molar-refractivity contribution in [3.8, 4) is 5.75 Å². The number of hydrogen-bond acceptors (Lipinski definition) is 3. The van der Waals surface area contributed by atoms with Crippen molar-refractivity contribution in [2.75, 3.05) is 0 Å². The Morgan fingerprint density at radius 1 is 1.19 bits per heavy atom. The molecule has 4 nitrogen and oxygen atoms in total. The number of rotatable bonds is 6. The number of pyridine rings is 1. The molecule has 166 valence electrons. The van der Waals surface area contributed by atoms with Crippen LogP contribution in [0.4, 0.5) is 4.39 Å². The van der Waals surface area contributed by atoms with Gasteiger partial charge < -0.3 is 10.1 Å². The highest BCUT2D eigenvalue weighted by atomic mass is 35.5. The maximum absolute atomic E-state index is 13.8. The molecule has 1 N–H and O–H groups in total. The molecule has 2 saturated carbocycles. The Morgan fingerprint density at radius 3 is 2.59 bits per heavy atom. The summed E-state index contributed by atoms with van der Waals surface area (Å²) in [6, 6.07) is 13.7. The van der Waals surface area contributed by atoms with Crippen molar-refractivity contribution < 1.29 is 13.9 Å². The average Bonchev–Trinajstić information content (AvgIpc) is 3.26. The zero-order chi connectivity index (χ0) is 22.4. The van der Waals surface area contributed by atoms with Gasteiger partial charge in [0.15, 0.2) is 0 Å². The third kappa shape index (κ3) is 4.06. The second-order valence-electron chi connectivity index (χ2n) is 9.03. The van der Waals surface area contributed by atoms with E-state index in [-0.39, 0.29) is 23.9 Å². The normalized spacial score (nSPS) is 23.1. The van der Waals surface area contributed by atoms with Crippen LogP contribution < -0.4 is 10.1 Å². The maximum Gasteiger partial charge on any atom is 0.251 e. The standard InChI is InChI=1S/C26H26ClFN2O2/c1-3-22(30-26(31)15-4-6-16(27)7-5-15)25-19-12-18(13-20(19)25)32-24-10-14(2)29-23-9-8-17(28)11-21(23)24/h4-11,18-20,22,25H,3,12-13H2,1-2H3,(H,30,31)/t18?,19-,20-,22-,25?/m0/s1. The van der Waals surface area contributed by atoms with E-state index < -0.39 is 0 Å². The molecule has 6 heteroatoms. The first-order valence-electron chi connectivity index (χ1n) is 11.2. The van der Waals surface area contributed by atoms with E-state index >= 15 is 0 Å². The largest absolute Gasteiger partial charge is 0.490 e. The van der Waals surface area contributed by atoms with Gasteiger partial charge in [-0.1, -0.05) is 18.5 Å². The number of nitrogens with zero attached hydrogens (tertiary/aromatic N) is 1. The second-order valence-corrected chi connectivity index (χ2v) is 9.47. The minimum atomic E-state index is -0.287. The van der Waals surface area contributed by atoms with Crippen LogP contribution in [0.25, 0.3) is 10.9 Å². The third-order valence-corrected chi connectivity index (χ3v) is 7.20. The highest BCUT2D eigenvalue weighted by Gasteiger charge is 2.59. The zero-order valence-corrected chi connectivity index (χ0v) is 18.9. The fourth-order valence-corrected chi connectivity index (χ4v) is 5.55. The second kappa shape index (κ2) is 8.36. The lowest BCUT2D eigenvalue weighted by atomic mass is 10.00. The number of fused-ring (bicyclic) bond motifs is 2. The number of halogens is 2. The van der Waals surface area contributed by atoms with Crippen molar-refractivity contribution in [1.82, 2.24) is 10.3 Å². The van der Waals surface area contributed by atoms with Crippen LogP contribution in [0.5, 0.6) is 5.75 Å². The van der Waals surface area contributed by atoms with Gasteiger partial charge in [-0.05, 0) is 86.4 Å². The Balaban J connectivity index is 1.23. The molecule has 2 aliphatic carbocycles. The minimum absolute atomic E-state index is 0.0490. The Bertz CT molecular complexity index is 1150. The summed E-state index contributed by atoms with van der Waals surface area (Å²) in [5, 5.41) is 4.56. The molecule has 2 fully saturated rings. The molecule has 0 saturated heterocycles. The fraction of sp³-hybridized carbons (Fsp3) is 0.385. The summed E-state index contributed by atoms with van der Waals surface area (Å²) in [6.45, 7) is 4.04. The Morgan fingerprint density at radius 2 is 1.91 bits per heavy atom. The summed E-state index contributed by atoms with van der Waals surface area (Å²) in [5.41, 5.74) is 2.24. The highest BCUT2D eigenvalue weighted by Crippen LogP contribution is 2.60. The number of carbonyl (C=O) groups excluding carboxylic acids is 1. The quantitative estimate of drug-likeness (QED) is 0.503. The molecular formula is C26H26ClFN2O2. The molecule has 3 aromatic rings. The van der Waals surface area contributed by atoms with E-state index in [0.29, 0.717) is 34.1 Å². The van der Waals surface area contributed by atoms with Gasteiger partial charge in [-0.2, -0.15) is 0 Å². The van der Waals surface area contributed by atoms with E-state index in [1.165, 1.54) is 12.1 Å². The van der Waals surface area contributed by atoms with Gasteiger partial charge >= 0.3 is 0 Å². The van der Waals surface area contributed by atoms with E-state index in [4.69, 9.17) is 16.3 Å². The van der Waals surface area contributed by atoms with Gasteiger partial charge in [0.2, 0.25) is 0 Å². The summed E-state index contributed by atoms with van der Waals surface area (Å²) in [4.78, 5) is 17.1. The molecule has 0 bridgehead atoms. The van der Waals surface area contributed by atoms with E-state index in [2.05, 4.69) is 17.2 Å². The molecule has 2 aliphatic rings. The molecule has 1 amide bonds. The van der Waals surface area contributed by atoms with Crippen molar-refractivity contribution in [3.63, 3.8) is 0 Å². The van der Waals surface area contributed by atoms with Crippen LogP contribution in [0.2, 0.25) is 5.02 Å². The first-order valence-corrected chi connectivity index (χ1v) is 11.6. The summed E-state index contributed by atoms with van der Waals surface area (Å²) < 4.78 is 20.1. The molecule has 1 heterocycles. The lowest BCUT2D eigenvalue weighted by Crippen LogP contribution is -2.37. The molecule has 0 spiro atoms. The van der Waals surface area contributed by atoms with Crippen molar-refractivity contribution >= 4 is 28.4 Å². The van der Waals surface area contributed by atoms with Crippen LogP contribution in [-0.2, 0) is 0 Å². The van der Waals surface area contributed by atoms with Gasteiger partial charge in [0.05, 0.1) is 11.6 Å². The smallest absolute Gasteiger partial charge is 0.251 e. The van der Waals surface area contributed by atoms with Crippen LogP contribution in [0.15, 0.2) is 48.5 Å². The van der Waals surface area contributed by atoms with E-state index in [9.17, 15) is 9.18 Å². The van der Waals surface area contributed by atoms with E-state index in [1.807, 2.05) is 13.0 Å². The molecule has 0 aliphatic heterocycles. The van der Waals surface area contributed by atoms with Gasteiger partial charge in [0, 0.05) is 33.8 Å². The topological polar surface area (TPSA) is 51.2 Å². The molecular weight excluding hydrogens is 427 g/mol. The Kier molecular flexibility index (Phi) is 5.54. The summed E-state index contributed by atoms with van der Waals surface area (Å²) in [6.07, 6.45) is 2.93. The average molecular weight is 453 g/mol. The highest BCUT2D eigenvalue weighted by molar-refractivity contribution is 6.30. The van der Waals surface area contributed by atoms with Crippen LogP contribution in [0.1, 0.15) is 42.2 Å². The minimum Gasteiger partial charge on any atom is -0.490 e.